The Bertz CT molecular complexity index is 965. The predicted molar refractivity (Wildman–Crippen MR) is 106 cm³/mol. The summed E-state index contributed by atoms with van der Waals surface area (Å²) in [5.41, 5.74) is 1.62. The van der Waals surface area contributed by atoms with E-state index in [9.17, 15) is 14.7 Å². The van der Waals surface area contributed by atoms with E-state index < -0.39 is 11.5 Å². The van der Waals surface area contributed by atoms with Crippen LogP contribution in [-0.2, 0) is 18.4 Å². The SMILES string of the molecule is CCC1(O)C(=O)N(c2cccc(C(=O)N(C)Cc3cnn(C)c3C)c2)N=C1C. The van der Waals surface area contributed by atoms with Crippen LogP contribution in [0.1, 0.15) is 41.9 Å². The number of carbonyl (C=O) groups excluding carboxylic acids is 2. The van der Waals surface area contributed by atoms with Crippen molar-refractivity contribution in [2.75, 3.05) is 12.1 Å². The highest BCUT2D eigenvalue weighted by Gasteiger charge is 2.46. The second kappa shape index (κ2) is 7.20. The number of aromatic nitrogens is 2. The number of hydrogen-bond acceptors (Lipinski definition) is 5. The molecule has 2 heterocycles. The van der Waals surface area contributed by atoms with Crippen LogP contribution in [0.2, 0.25) is 0 Å². The van der Waals surface area contributed by atoms with Crippen LogP contribution in [0.15, 0.2) is 35.6 Å². The summed E-state index contributed by atoms with van der Waals surface area (Å²) in [5, 5.41) is 20.1. The Hall–Kier alpha value is -3.00. The zero-order valence-corrected chi connectivity index (χ0v) is 16.8. The van der Waals surface area contributed by atoms with Gasteiger partial charge in [-0.2, -0.15) is 15.2 Å². The number of carbonyl (C=O) groups is 2. The Labute approximate surface area is 164 Å². The molecule has 1 aliphatic rings. The van der Waals surface area contributed by atoms with Gasteiger partial charge >= 0.3 is 0 Å². The van der Waals surface area contributed by atoms with Gasteiger partial charge in [0.15, 0.2) is 5.60 Å². The summed E-state index contributed by atoms with van der Waals surface area (Å²) in [4.78, 5) is 27.1. The van der Waals surface area contributed by atoms with E-state index >= 15 is 0 Å². The summed E-state index contributed by atoms with van der Waals surface area (Å²) in [6, 6.07) is 6.71. The zero-order valence-electron chi connectivity index (χ0n) is 16.8. The number of rotatable bonds is 5. The van der Waals surface area contributed by atoms with Crippen LogP contribution in [0.25, 0.3) is 0 Å². The van der Waals surface area contributed by atoms with Crippen molar-refractivity contribution in [2.24, 2.45) is 12.1 Å². The zero-order chi connectivity index (χ0) is 20.6. The molecular formula is C20H25N5O3. The number of anilines is 1. The van der Waals surface area contributed by atoms with Gasteiger partial charge in [0.2, 0.25) is 0 Å². The second-order valence-corrected chi connectivity index (χ2v) is 7.11. The molecule has 1 aromatic carbocycles. The molecule has 2 amide bonds. The van der Waals surface area contributed by atoms with E-state index in [1.807, 2.05) is 14.0 Å². The maximum atomic E-state index is 12.9. The van der Waals surface area contributed by atoms with Gasteiger partial charge < -0.3 is 10.0 Å². The summed E-state index contributed by atoms with van der Waals surface area (Å²) >= 11 is 0. The van der Waals surface area contributed by atoms with E-state index in [1.165, 1.54) is 5.01 Å². The number of aliphatic hydroxyl groups is 1. The van der Waals surface area contributed by atoms with E-state index in [0.29, 0.717) is 23.5 Å². The fourth-order valence-electron chi connectivity index (χ4n) is 3.21. The van der Waals surface area contributed by atoms with Gasteiger partial charge in [0.05, 0.1) is 17.6 Å². The van der Waals surface area contributed by atoms with Gasteiger partial charge in [-0.1, -0.05) is 13.0 Å². The van der Waals surface area contributed by atoms with Gasteiger partial charge in [0, 0.05) is 37.5 Å². The lowest BCUT2D eigenvalue weighted by molar-refractivity contribution is -0.129. The van der Waals surface area contributed by atoms with E-state index in [-0.39, 0.29) is 12.3 Å². The molecular weight excluding hydrogens is 358 g/mol. The maximum absolute atomic E-state index is 12.9. The van der Waals surface area contributed by atoms with Crippen molar-refractivity contribution in [1.29, 1.82) is 0 Å². The van der Waals surface area contributed by atoms with Crippen molar-refractivity contribution in [3.05, 3.63) is 47.3 Å². The second-order valence-electron chi connectivity index (χ2n) is 7.11. The number of nitrogens with zero attached hydrogens (tertiary/aromatic N) is 5. The highest BCUT2D eigenvalue weighted by atomic mass is 16.3. The van der Waals surface area contributed by atoms with Gasteiger partial charge in [-0.15, -0.1) is 0 Å². The van der Waals surface area contributed by atoms with E-state index in [0.717, 1.165) is 11.3 Å². The highest BCUT2D eigenvalue weighted by molar-refractivity contribution is 6.21. The average Bonchev–Trinajstić information content (AvgIpc) is 3.13. The van der Waals surface area contributed by atoms with Crippen LogP contribution < -0.4 is 5.01 Å². The van der Waals surface area contributed by atoms with Crippen molar-refractivity contribution < 1.29 is 14.7 Å². The first kappa shape index (κ1) is 19.8. The van der Waals surface area contributed by atoms with E-state index in [1.54, 1.807) is 60.9 Å². The average molecular weight is 383 g/mol. The first-order valence-corrected chi connectivity index (χ1v) is 9.14. The molecule has 0 saturated heterocycles. The molecule has 0 fully saturated rings. The van der Waals surface area contributed by atoms with Crippen molar-refractivity contribution in [3.8, 4) is 0 Å². The summed E-state index contributed by atoms with van der Waals surface area (Å²) < 4.78 is 1.77. The lowest BCUT2D eigenvalue weighted by Gasteiger charge is -2.21. The molecule has 1 N–H and O–H groups in total. The fourth-order valence-corrected chi connectivity index (χ4v) is 3.21. The molecule has 0 saturated carbocycles. The molecule has 1 aromatic heterocycles. The molecule has 1 unspecified atom stereocenters. The highest BCUT2D eigenvalue weighted by Crippen LogP contribution is 2.29. The molecule has 0 radical (unpaired) electrons. The first-order chi connectivity index (χ1) is 13.2. The quantitative estimate of drug-likeness (QED) is 0.853. The topological polar surface area (TPSA) is 91.0 Å². The Kier molecular flexibility index (Phi) is 5.08. The van der Waals surface area contributed by atoms with Crippen molar-refractivity contribution in [2.45, 2.75) is 39.3 Å². The van der Waals surface area contributed by atoms with Gasteiger partial charge in [-0.25, -0.2) is 0 Å². The minimum atomic E-state index is -1.59. The summed E-state index contributed by atoms with van der Waals surface area (Å²) in [7, 11) is 3.58. The molecule has 2 aromatic rings. The van der Waals surface area contributed by atoms with E-state index in [2.05, 4.69) is 10.2 Å². The molecule has 8 heteroatoms. The summed E-state index contributed by atoms with van der Waals surface area (Å²) in [6.07, 6.45) is 1.99. The molecule has 0 bridgehead atoms. The molecule has 3 rings (SSSR count). The number of benzene rings is 1. The Morgan fingerprint density at radius 2 is 2.04 bits per heavy atom. The Balaban J connectivity index is 1.82. The van der Waals surface area contributed by atoms with Crippen LogP contribution in [0, 0.1) is 6.92 Å². The fraction of sp³-hybridized carbons (Fsp3) is 0.400. The molecule has 1 atom stereocenters. The van der Waals surface area contributed by atoms with Crippen molar-refractivity contribution in [1.82, 2.24) is 14.7 Å². The molecule has 0 spiro atoms. The van der Waals surface area contributed by atoms with Gasteiger partial charge in [-0.05, 0) is 38.5 Å². The molecule has 148 valence electrons. The van der Waals surface area contributed by atoms with Gasteiger partial charge in [0.25, 0.3) is 11.8 Å². The smallest absolute Gasteiger partial charge is 0.285 e. The first-order valence-electron chi connectivity index (χ1n) is 9.14. The van der Waals surface area contributed by atoms with Crippen LogP contribution in [-0.4, -0.2) is 50.0 Å². The lowest BCUT2D eigenvalue weighted by Crippen LogP contribution is -2.45. The third kappa shape index (κ3) is 3.20. The summed E-state index contributed by atoms with van der Waals surface area (Å²) in [5.74, 6) is -0.681. The molecule has 8 nitrogen and oxygen atoms in total. The number of hydrogen-bond donors (Lipinski definition) is 1. The Morgan fingerprint density at radius 3 is 2.61 bits per heavy atom. The van der Waals surface area contributed by atoms with Crippen LogP contribution in [0.4, 0.5) is 5.69 Å². The third-order valence-corrected chi connectivity index (χ3v) is 5.34. The van der Waals surface area contributed by atoms with Crippen molar-refractivity contribution in [3.63, 3.8) is 0 Å². The van der Waals surface area contributed by atoms with Gasteiger partial charge in [0.1, 0.15) is 0 Å². The number of hydrazone groups is 1. The normalized spacial score (nSPS) is 19.1. The number of amides is 2. The monoisotopic (exact) mass is 383 g/mol. The summed E-state index contributed by atoms with van der Waals surface area (Å²) in [6.45, 7) is 5.74. The van der Waals surface area contributed by atoms with Gasteiger partial charge in [-0.3, -0.25) is 14.3 Å². The predicted octanol–water partition coefficient (Wildman–Crippen LogP) is 1.86. The largest absolute Gasteiger partial charge is 0.374 e. The standard InChI is InChI=1S/C20H25N5O3/c1-6-20(28)14(3)22-25(19(20)27)17-9-7-8-15(10-17)18(26)23(4)12-16-11-21-24(5)13(16)2/h7-11,28H,6,12H2,1-5H3. The minimum Gasteiger partial charge on any atom is -0.374 e. The Morgan fingerprint density at radius 1 is 1.32 bits per heavy atom. The third-order valence-electron chi connectivity index (χ3n) is 5.34. The van der Waals surface area contributed by atoms with Crippen LogP contribution >= 0.6 is 0 Å². The lowest BCUT2D eigenvalue weighted by atomic mass is 9.95. The van der Waals surface area contributed by atoms with E-state index in [4.69, 9.17) is 0 Å². The maximum Gasteiger partial charge on any atom is 0.285 e. The molecule has 1 aliphatic heterocycles. The molecule has 28 heavy (non-hydrogen) atoms. The molecule has 0 aliphatic carbocycles. The van der Waals surface area contributed by atoms with Crippen molar-refractivity contribution >= 4 is 23.2 Å². The number of aryl methyl sites for hydroxylation is 1. The van der Waals surface area contributed by atoms with Crippen LogP contribution in [0.5, 0.6) is 0 Å². The van der Waals surface area contributed by atoms with Crippen LogP contribution in [0.3, 0.4) is 0 Å². The minimum absolute atomic E-state index is 0.178.